The van der Waals surface area contributed by atoms with E-state index in [9.17, 15) is 18.0 Å². The van der Waals surface area contributed by atoms with Crippen molar-refractivity contribution in [1.29, 1.82) is 0 Å². The van der Waals surface area contributed by atoms with E-state index in [0.29, 0.717) is 21.9 Å². The molecular formula is C23H15F3N4OS. The normalized spacial score (nSPS) is 11.6. The molecule has 3 aromatic carbocycles. The van der Waals surface area contributed by atoms with Gasteiger partial charge < -0.3 is 0 Å². The molecule has 2 aromatic heterocycles. The van der Waals surface area contributed by atoms with Crippen LogP contribution in [0, 0.1) is 5.82 Å². The van der Waals surface area contributed by atoms with E-state index in [4.69, 9.17) is 0 Å². The molecule has 0 unspecified atom stereocenters. The fourth-order valence-electron chi connectivity index (χ4n) is 3.60. The summed E-state index contributed by atoms with van der Waals surface area (Å²) in [6, 6.07) is 19.2. The highest BCUT2D eigenvalue weighted by atomic mass is 32.2. The molecule has 0 radical (unpaired) electrons. The Morgan fingerprint density at radius 1 is 0.875 bits per heavy atom. The first-order chi connectivity index (χ1) is 15.5. The second-order valence-electron chi connectivity index (χ2n) is 6.96. The van der Waals surface area contributed by atoms with Gasteiger partial charge in [-0.05, 0) is 36.4 Å². The van der Waals surface area contributed by atoms with Gasteiger partial charge >= 0.3 is 6.55 Å². The van der Waals surface area contributed by atoms with E-state index in [0.717, 1.165) is 16.3 Å². The Labute approximate surface area is 184 Å². The fourth-order valence-corrected chi connectivity index (χ4v) is 4.53. The van der Waals surface area contributed by atoms with E-state index < -0.39 is 17.9 Å². The van der Waals surface area contributed by atoms with Crippen LogP contribution in [0.3, 0.4) is 0 Å². The van der Waals surface area contributed by atoms with E-state index >= 15 is 0 Å². The summed E-state index contributed by atoms with van der Waals surface area (Å²) >= 11 is 1.05. The molecule has 32 heavy (non-hydrogen) atoms. The van der Waals surface area contributed by atoms with Crippen LogP contribution < -0.4 is 5.56 Å². The van der Waals surface area contributed by atoms with Crippen LogP contribution in [0.15, 0.2) is 82.7 Å². The molecule has 0 aliphatic rings. The number of para-hydroxylation sites is 4. The molecule has 0 aliphatic heterocycles. The van der Waals surface area contributed by atoms with Gasteiger partial charge in [-0.1, -0.05) is 48.2 Å². The van der Waals surface area contributed by atoms with Crippen molar-refractivity contribution in [2.45, 2.75) is 17.5 Å². The van der Waals surface area contributed by atoms with Gasteiger partial charge in [0.05, 0.1) is 33.4 Å². The third-order valence-electron chi connectivity index (χ3n) is 5.03. The van der Waals surface area contributed by atoms with Gasteiger partial charge in [0, 0.05) is 0 Å². The predicted octanol–water partition coefficient (Wildman–Crippen LogP) is 5.56. The van der Waals surface area contributed by atoms with Crippen LogP contribution in [0.5, 0.6) is 0 Å². The number of fused-ring (bicyclic) bond motifs is 2. The molecule has 5 rings (SSSR count). The number of nitrogens with zero attached hydrogens (tertiary/aromatic N) is 4. The van der Waals surface area contributed by atoms with E-state index in [2.05, 4.69) is 9.97 Å². The summed E-state index contributed by atoms with van der Waals surface area (Å²) in [4.78, 5) is 22.1. The lowest BCUT2D eigenvalue weighted by Gasteiger charge is -2.14. The molecule has 0 atom stereocenters. The third-order valence-corrected chi connectivity index (χ3v) is 5.97. The Kier molecular flexibility index (Phi) is 5.18. The maximum Gasteiger partial charge on any atom is 0.320 e. The van der Waals surface area contributed by atoms with Gasteiger partial charge in [0.2, 0.25) is 0 Å². The first kappa shape index (κ1) is 20.3. The minimum atomic E-state index is -2.78. The number of rotatable bonds is 5. The highest BCUT2D eigenvalue weighted by Crippen LogP contribution is 2.29. The van der Waals surface area contributed by atoms with Crippen molar-refractivity contribution >= 4 is 33.7 Å². The molecule has 9 heteroatoms. The zero-order chi connectivity index (χ0) is 22.2. The summed E-state index contributed by atoms with van der Waals surface area (Å²) in [5, 5.41) is 0.520. The second-order valence-corrected chi connectivity index (χ2v) is 7.90. The van der Waals surface area contributed by atoms with E-state index in [1.54, 1.807) is 54.6 Å². The lowest BCUT2D eigenvalue weighted by Crippen LogP contribution is -2.22. The highest BCUT2D eigenvalue weighted by molar-refractivity contribution is 7.98. The van der Waals surface area contributed by atoms with Gasteiger partial charge in [-0.15, -0.1) is 0 Å². The smallest absolute Gasteiger partial charge is 0.269 e. The first-order valence-electron chi connectivity index (χ1n) is 9.68. The molecule has 0 saturated heterocycles. The predicted molar refractivity (Wildman–Crippen MR) is 118 cm³/mol. The number of hydrogen-bond acceptors (Lipinski definition) is 4. The molecule has 0 aliphatic carbocycles. The van der Waals surface area contributed by atoms with Crippen molar-refractivity contribution in [2.75, 3.05) is 0 Å². The van der Waals surface area contributed by atoms with Gasteiger partial charge in [-0.25, -0.2) is 14.4 Å². The Hall–Kier alpha value is -3.59. The molecule has 0 N–H and O–H groups in total. The molecule has 0 bridgehead atoms. The quantitative estimate of drug-likeness (QED) is 0.259. The van der Waals surface area contributed by atoms with Crippen molar-refractivity contribution < 1.29 is 13.2 Å². The summed E-state index contributed by atoms with van der Waals surface area (Å²) in [5.74, 6) is -0.444. The fraction of sp³-hybridized carbons (Fsp3) is 0.0870. The number of benzene rings is 3. The molecular weight excluding hydrogens is 437 g/mol. The summed E-state index contributed by atoms with van der Waals surface area (Å²) in [7, 11) is 0. The first-order valence-corrected chi connectivity index (χ1v) is 10.7. The maximum absolute atomic E-state index is 14.6. The maximum atomic E-state index is 14.6. The second kappa shape index (κ2) is 8.16. The van der Waals surface area contributed by atoms with Crippen molar-refractivity contribution in [3.8, 4) is 5.69 Å². The van der Waals surface area contributed by atoms with Crippen molar-refractivity contribution in [3.05, 3.63) is 94.8 Å². The van der Waals surface area contributed by atoms with Gasteiger partial charge in [0.15, 0.2) is 5.16 Å². The van der Waals surface area contributed by atoms with E-state index in [1.165, 1.54) is 22.8 Å². The lowest BCUT2D eigenvalue weighted by atomic mass is 10.2. The van der Waals surface area contributed by atoms with Crippen molar-refractivity contribution in [3.63, 3.8) is 0 Å². The topological polar surface area (TPSA) is 52.7 Å². The monoisotopic (exact) mass is 452 g/mol. The number of alkyl halides is 2. The minimum Gasteiger partial charge on any atom is -0.269 e. The van der Waals surface area contributed by atoms with Crippen LogP contribution in [0.2, 0.25) is 0 Å². The van der Waals surface area contributed by atoms with Crippen LogP contribution in [0.1, 0.15) is 12.4 Å². The van der Waals surface area contributed by atoms with Crippen LogP contribution in [0.25, 0.3) is 27.6 Å². The van der Waals surface area contributed by atoms with Gasteiger partial charge in [0.1, 0.15) is 11.6 Å². The molecule has 0 spiro atoms. The van der Waals surface area contributed by atoms with Crippen LogP contribution >= 0.6 is 11.8 Å². The molecule has 0 fully saturated rings. The summed E-state index contributed by atoms with van der Waals surface area (Å²) in [5.41, 5.74) is 0.804. The SMILES string of the molecule is O=c1c2ccccc2nc(SCc2nc3ccccc3n2C(F)F)n1-c1ccccc1F. The number of hydrogen-bond donors (Lipinski definition) is 0. The Balaban J connectivity index is 1.65. The number of thioether (sulfide) groups is 1. The average molecular weight is 452 g/mol. The van der Waals surface area contributed by atoms with Gasteiger partial charge in [-0.3, -0.25) is 13.9 Å². The van der Waals surface area contributed by atoms with Crippen molar-refractivity contribution in [1.82, 2.24) is 19.1 Å². The standard InChI is InChI=1S/C23H15F3N4OS/c24-15-8-2-5-11-18(15)30-21(31)14-7-1-3-9-16(14)28-23(30)32-13-20-27-17-10-4-6-12-19(17)29(20)22(25)26/h1-12,22H,13H2. The Bertz CT molecular complexity index is 1510. The summed E-state index contributed by atoms with van der Waals surface area (Å²) in [6.45, 7) is -2.78. The Morgan fingerprint density at radius 2 is 1.56 bits per heavy atom. The van der Waals surface area contributed by atoms with Crippen LogP contribution in [-0.2, 0) is 5.75 Å². The van der Waals surface area contributed by atoms with E-state index in [1.807, 2.05) is 0 Å². The summed E-state index contributed by atoms with van der Waals surface area (Å²) < 4.78 is 44.2. The van der Waals surface area contributed by atoms with E-state index in [-0.39, 0.29) is 22.4 Å². The van der Waals surface area contributed by atoms with Gasteiger partial charge in [0.25, 0.3) is 5.56 Å². The zero-order valence-corrected chi connectivity index (χ0v) is 17.3. The zero-order valence-electron chi connectivity index (χ0n) is 16.5. The summed E-state index contributed by atoms with van der Waals surface area (Å²) in [6.07, 6.45) is 0. The molecule has 5 aromatic rings. The number of halogens is 3. The molecule has 160 valence electrons. The molecule has 2 heterocycles. The Morgan fingerprint density at radius 3 is 2.34 bits per heavy atom. The largest absolute Gasteiger partial charge is 0.320 e. The van der Waals surface area contributed by atoms with Crippen LogP contribution in [-0.4, -0.2) is 19.1 Å². The molecule has 0 amide bonds. The average Bonchev–Trinajstić information content (AvgIpc) is 3.17. The minimum absolute atomic E-state index is 0.0122. The number of imidazole rings is 1. The molecule has 0 saturated carbocycles. The highest BCUT2D eigenvalue weighted by Gasteiger charge is 2.20. The van der Waals surface area contributed by atoms with Crippen LogP contribution in [0.4, 0.5) is 13.2 Å². The lowest BCUT2D eigenvalue weighted by molar-refractivity contribution is 0.0722. The third kappa shape index (κ3) is 3.44. The van der Waals surface area contributed by atoms with Crippen molar-refractivity contribution in [2.24, 2.45) is 0 Å². The number of aromatic nitrogens is 4. The molecule has 5 nitrogen and oxygen atoms in total. The van der Waals surface area contributed by atoms with Gasteiger partial charge in [-0.2, -0.15) is 8.78 Å².